The van der Waals surface area contributed by atoms with E-state index in [2.05, 4.69) is 15.3 Å². The molecule has 8 nitrogen and oxygen atoms in total. The highest BCUT2D eigenvalue weighted by Gasteiger charge is 2.24. The molecule has 3 heterocycles. The molecule has 2 aromatic heterocycles. The molecule has 0 aromatic carbocycles. The van der Waals surface area contributed by atoms with Crippen LogP contribution in [0.4, 0.5) is 5.82 Å². The van der Waals surface area contributed by atoms with E-state index >= 15 is 0 Å². The van der Waals surface area contributed by atoms with Crippen LogP contribution >= 0.6 is 0 Å². The number of amides is 1. The van der Waals surface area contributed by atoms with Crippen LogP contribution in [0.25, 0.3) is 0 Å². The van der Waals surface area contributed by atoms with Gasteiger partial charge in [-0.25, -0.2) is 4.98 Å². The van der Waals surface area contributed by atoms with Gasteiger partial charge in [-0.15, -0.1) is 0 Å². The van der Waals surface area contributed by atoms with E-state index in [0.717, 1.165) is 19.4 Å². The van der Waals surface area contributed by atoms with Crippen LogP contribution in [-0.2, 0) is 7.05 Å². The van der Waals surface area contributed by atoms with Gasteiger partial charge < -0.3 is 19.5 Å². The van der Waals surface area contributed by atoms with Crippen LogP contribution in [0.5, 0.6) is 5.75 Å². The number of aromatic nitrogens is 3. The maximum Gasteiger partial charge on any atom is 0.293 e. The Morgan fingerprint density at radius 3 is 3.00 bits per heavy atom. The molecule has 25 heavy (non-hydrogen) atoms. The summed E-state index contributed by atoms with van der Waals surface area (Å²) in [6.07, 6.45) is 6.51. The SMILES string of the molecule is CNC(=O)c1cc(OC2CCCN(c3nccn(C)c3=O)C2)ccn1. The van der Waals surface area contributed by atoms with Crippen LogP contribution in [0, 0.1) is 0 Å². The molecule has 1 aliphatic rings. The van der Waals surface area contributed by atoms with E-state index in [0.29, 0.717) is 23.8 Å². The number of anilines is 1. The number of nitrogens with one attached hydrogen (secondary N) is 1. The van der Waals surface area contributed by atoms with Gasteiger partial charge in [-0.3, -0.25) is 14.6 Å². The number of nitrogens with zero attached hydrogens (tertiary/aromatic N) is 4. The molecular formula is C17H21N5O3. The number of ether oxygens (including phenoxy) is 1. The highest BCUT2D eigenvalue weighted by atomic mass is 16.5. The molecule has 3 rings (SSSR count). The summed E-state index contributed by atoms with van der Waals surface area (Å²) in [6.45, 7) is 1.34. The third kappa shape index (κ3) is 3.78. The van der Waals surface area contributed by atoms with Crippen LogP contribution in [0.2, 0.25) is 0 Å². The maximum absolute atomic E-state index is 12.3. The summed E-state index contributed by atoms with van der Waals surface area (Å²) in [4.78, 5) is 34.1. The molecule has 1 aliphatic heterocycles. The van der Waals surface area contributed by atoms with Gasteiger partial charge in [-0.1, -0.05) is 0 Å². The van der Waals surface area contributed by atoms with Gasteiger partial charge in [0.15, 0.2) is 5.82 Å². The fraction of sp³-hybridized carbons (Fsp3) is 0.412. The first-order valence-electron chi connectivity index (χ1n) is 8.20. The van der Waals surface area contributed by atoms with E-state index in [-0.39, 0.29) is 17.6 Å². The molecule has 2 aromatic rings. The number of rotatable bonds is 4. The van der Waals surface area contributed by atoms with Crippen molar-refractivity contribution in [3.63, 3.8) is 0 Å². The molecular weight excluding hydrogens is 322 g/mol. The zero-order valence-electron chi connectivity index (χ0n) is 14.3. The molecule has 1 saturated heterocycles. The monoisotopic (exact) mass is 343 g/mol. The van der Waals surface area contributed by atoms with E-state index in [9.17, 15) is 9.59 Å². The third-order valence-electron chi connectivity index (χ3n) is 4.17. The smallest absolute Gasteiger partial charge is 0.293 e. The molecule has 8 heteroatoms. The third-order valence-corrected chi connectivity index (χ3v) is 4.17. The van der Waals surface area contributed by atoms with Gasteiger partial charge in [0, 0.05) is 45.3 Å². The first-order chi connectivity index (χ1) is 12.1. The van der Waals surface area contributed by atoms with Gasteiger partial charge in [-0.05, 0) is 18.9 Å². The van der Waals surface area contributed by atoms with E-state index in [1.165, 1.54) is 4.57 Å². The molecule has 1 N–H and O–H groups in total. The van der Waals surface area contributed by atoms with Crippen LogP contribution in [0.1, 0.15) is 23.3 Å². The lowest BCUT2D eigenvalue weighted by Gasteiger charge is -2.33. The van der Waals surface area contributed by atoms with Crippen molar-refractivity contribution >= 4 is 11.7 Å². The zero-order chi connectivity index (χ0) is 17.8. The van der Waals surface area contributed by atoms with Gasteiger partial charge in [0.2, 0.25) is 0 Å². The van der Waals surface area contributed by atoms with Gasteiger partial charge in [0.1, 0.15) is 17.5 Å². The Labute approximate surface area is 145 Å². The quantitative estimate of drug-likeness (QED) is 0.874. The molecule has 1 atom stereocenters. The lowest BCUT2D eigenvalue weighted by molar-refractivity contribution is 0.0957. The molecule has 1 unspecified atom stereocenters. The summed E-state index contributed by atoms with van der Waals surface area (Å²) in [5, 5.41) is 2.54. The number of carbonyl (C=O) groups is 1. The Morgan fingerprint density at radius 2 is 2.20 bits per heavy atom. The number of pyridine rings is 1. The van der Waals surface area contributed by atoms with Crippen LogP contribution in [0.3, 0.4) is 0 Å². The summed E-state index contributed by atoms with van der Waals surface area (Å²) >= 11 is 0. The molecule has 1 fully saturated rings. The Kier molecular flexibility index (Phi) is 4.97. The number of piperidine rings is 1. The molecule has 0 spiro atoms. The van der Waals surface area contributed by atoms with Crippen LogP contribution in [0.15, 0.2) is 35.5 Å². The van der Waals surface area contributed by atoms with E-state index in [1.807, 2.05) is 4.90 Å². The van der Waals surface area contributed by atoms with Crippen molar-refractivity contribution in [3.8, 4) is 5.75 Å². The standard InChI is InChI=1S/C17H21N5O3/c1-18-16(23)14-10-12(5-6-19-14)25-13-4-3-8-22(11-13)15-17(24)21(2)9-7-20-15/h5-7,9-10,13H,3-4,8,11H2,1-2H3,(H,18,23). The maximum atomic E-state index is 12.3. The lowest BCUT2D eigenvalue weighted by atomic mass is 10.1. The molecule has 1 amide bonds. The fourth-order valence-corrected chi connectivity index (χ4v) is 2.86. The van der Waals surface area contributed by atoms with Crippen molar-refractivity contribution in [1.82, 2.24) is 19.9 Å². The summed E-state index contributed by atoms with van der Waals surface area (Å²) in [5.41, 5.74) is 0.195. The average molecular weight is 343 g/mol. The fourth-order valence-electron chi connectivity index (χ4n) is 2.86. The normalized spacial score (nSPS) is 17.2. The number of aryl methyl sites for hydroxylation is 1. The van der Waals surface area contributed by atoms with Crippen molar-refractivity contribution in [1.29, 1.82) is 0 Å². The number of hydrogen-bond donors (Lipinski definition) is 1. The highest BCUT2D eigenvalue weighted by Crippen LogP contribution is 2.20. The summed E-state index contributed by atoms with van der Waals surface area (Å²) in [6, 6.07) is 3.35. The average Bonchev–Trinajstić information content (AvgIpc) is 2.64. The molecule has 0 saturated carbocycles. The van der Waals surface area contributed by atoms with Crippen molar-refractivity contribution < 1.29 is 9.53 Å². The first kappa shape index (κ1) is 16.9. The van der Waals surface area contributed by atoms with E-state index in [4.69, 9.17) is 4.74 Å². The number of hydrogen-bond acceptors (Lipinski definition) is 6. The van der Waals surface area contributed by atoms with Gasteiger partial charge >= 0.3 is 0 Å². The Balaban J connectivity index is 1.73. The van der Waals surface area contributed by atoms with Crippen LogP contribution < -0.4 is 20.5 Å². The second-order valence-electron chi connectivity index (χ2n) is 5.95. The lowest BCUT2D eigenvalue weighted by Crippen LogP contribution is -2.44. The molecule has 0 bridgehead atoms. The first-order valence-corrected chi connectivity index (χ1v) is 8.20. The minimum Gasteiger partial charge on any atom is -0.488 e. The second-order valence-corrected chi connectivity index (χ2v) is 5.95. The Bertz CT molecular complexity index is 820. The summed E-state index contributed by atoms with van der Waals surface area (Å²) in [7, 11) is 3.27. The van der Waals surface area contributed by atoms with Crippen molar-refractivity contribution in [2.24, 2.45) is 7.05 Å². The summed E-state index contributed by atoms with van der Waals surface area (Å²) in [5.74, 6) is 0.779. The van der Waals surface area contributed by atoms with E-state index < -0.39 is 0 Å². The largest absolute Gasteiger partial charge is 0.488 e. The topological polar surface area (TPSA) is 89.4 Å². The van der Waals surface area contributed by atoms with Crippen molar-refractivity contribution in [3.05, 3.63) is 46.8 Å². The molecule has 0 aliphatic carbocycles. The second kappa shape index (κ2) is 7.33. The number of carbonyl (C=O) groups excluding carboxylic acids is 1. The van der Waals surface area contributed by atoms with Crippen LogP contribution in [-0.4, -0.2) is 46.7 Å². The van der Waals surface area contributed by atoms with Crippen molar-refractivity contribution in [2.45, 2.75) is 18.9 Å². The predicted molar refractivity (Wildman–Crippen MR) is 93.0 cm³/mol. The minimum absolute atomic E-state index is 0.0830. The Hall–Kier alpha value is -2.90. The Morgan fingerprint density at radius 1 is 1.36 bits per heavy atom. The predicted octanol–water partition coefficient (Wildman–Crippen LogP) is 0.583. The van der Waals surface area contributed by atoms with Gasteiger partial charge in [0.25, 0.3) is 11.5 Å². The van der Waals surface area contributed by atoms with E-state index in [1.54, 1.807) is 44.8 Å². The molecule has 132 valence electrons. The minimum atomic E-state index is -0.257. The van der Waals surface area contributed by atoms with Crippen molar-refractivity contribution in [2.75, 3.05) is 25.0 Å². The highest BCUT2D eigenvalue weighted by molar-refractivity contribution is 5.92. The summed E-state index contributed by atoms with van der Waals surface area (Å²) < 4.78 is 7.53. The van der Waals surface area contributed by atoms with Gasteiger partial charge in [0.05, 0.1) is 6.54 Å². The molecule has 0 radical (unpaired) electrons. The van der Waals surface area contributed by atoms with Gasteiger partial charge in [-0.2, -0.15) is 0 Å². The zero-order valence-corrected chi connectivity index (χ0v) is 14.3.